The number of alkyl halides is 1. The lowest BCUT2D eigenvalue weighted by molar-refractivity contribution is -0.115. The molecule has 0 saturated carbocycles. The van der Waals surface area contributed by atoms with Gasteiger partial charge in [-0.25, -0.2) is 0 Å². The van der Waals surface area contributed by atoms with Gasteiger partial charge in [0.1, 0.15) is 5.78 Å². The quantitative estimate of drug-likeness (QED) is 0.496. The summed E-state index contributed by atoms with van der Waals surface area (Å²) in [5.74, 6) is 0.116. The van der Waals surface area contributed by atoms with Crippen LogP contribution in [-0.2, 0) is 11.2 Å². The van der Waals surface area contributed by atoms with E-state index in [1.165, 1.54) is 0 Å². The summed E-state index contributed by atoms with van der Waals surface area (Å²) in [5, 5.41) is 0.364. The fraction of sp³-hybridized carbons (Fsp3) is 0.222. The third kappa shape index (κ3) is 3.04. The summed E-state index contributed by atoms with van der Waals surface area (Å²) in [5.41, 5.74) is 7.18. The maximum Gasteiger partial charge on any atom is 0.147 e. The van der Waals surface area contributed by atoms with E-state index < -0.39 is 0 Å². The summed E-state index contributed by atoms with van der Waals surface area (Å²) in [4.78, 5) is 11.9. The Hall–Kier alpha value is -0.480. The summed E-state index contributed by atoms with van der Waals surface area (Å²) in [6.45, 7) is 0. The first-order valence-corrected chi connectivity index (χ1v) is 5.35. The summed E-state index contributed by atoms with van der Waals surface area (Å²) < 4.78 is 0. The minimum atomic E-state index is 0.116. The molecule has 1 aromatic rings. The largest absolute Gasteiger partial charge is 0.398 e. The third-order valence-electron chi connectivity index (χ3n) is 1.66. The highest BCUT2D eigenvalue weighted by atomic mass is 79.9. The SMILES string of the molecule is Nc1ccc(S)cc1CC(=O)CBr. The van der Waals surface area contributed by atoms with Crippen molar-refractivity contribution in [3.63, 3.8) is 0 Å². The minimum absolute atomic E-state index is 0.116. The van der Waals surface area contributed by atoms with Crippen LogP contribution in [0.4, 0.5) is 5.69 Å². The molecule has 1 aromatic carbocycles. The molecule has 70 valence electrons. The van der Waals surface area contributed by atoms with Gasteiger partial charge >= 0.3 is 0 Å². The normalized spacial score (nSPS) is 10.0. The molecule has 4 heteroatoms. The number of carbonyl (C=O) groups is 1. The number of nitrogen functional groups attached to an aromatic ring is 1. The van der Waals surface area contributed by atoms with E-state index >= 15 is 0 Å². The number of benzene rings is 1. The predicted molar refractivity (Wildman–Crippen MR) is 60.6 cm³/mol. The second-order valence-electron chi connectivity index (χ2n) is 2.73. The Morgan fingerprint density at radius 2 is 2.23 bits per heavy atom. The van der Waals surface area contributed by atoms with E-state index in [0.29, 0.717) is 17.4 Å². The van der Waals surface area contributed by atoms with Crippen molar-refractivity contribution in [2.24, 2.45) is 0 Å². The number of hydrogen-bond acceptors (Lipinski definition) is 3. The van der Waals surface area contributed by atoms with Crippen LogP contribution in [0.5, 0.6) is 0 Å². The Bertz CT molecular complexity index is 327. The molecule has 0 amide bonds. The van der Waals surface area contributed by atoms with Crippen LogP contribution in [0.25, 0.3) is 0 Å². The first-order valence-electron chi connectivity index (χ1n) is 3.78. The molecule has 2 N–H and O–H groups in total. The monoisotopic (exact) mass is 259 g/mol. The van der Waals surface area contributed by atoms with Crippen molar-refractivity contribution in [1.29, 1.82) is 0 Å². The molecule has 0 saturated heterocycles. The average Bonchev–Trinajstić information content (AvgIpc) is 2.11. The van der Waals surface area contributed by atoms with Crippen molar-refractivity contribution in [2.45, 2.75) is 11.3 Å². The maximum atomic E-state index is 11.1. The van der Waals surface area contributed by atoms with Crippen molar-refractivity contribution in [2.75, 3.05) is 11.1 Å². The molecule has 0 fully saturated rings. The van der Waals surface area contributed by atoms with Crippen molar-refractivity contribution in [3.05, 3.63) is 23.8 Å². The van der Waals surface area contributed by atoms with Crippen LogP contribution in [0, 0.1) is 0 Å². The summed E-state index contributed by atoms with van der Waals surface area (Å²) in [7, 11) is 0. The highest BCUT2D eigenvalue weighted by molar-refractivity contribution is 9.09. The highest BCUT2D eigenvalue weighted by Crippen LogP contribution is 2.17. The molecule has 2 nitrogen and oxygen atoms in total. The van der Waals surface area contributed by atoms with Gasteiger partial charge in [0.25, 0.3) is 0 Å². The van der Waals surface area contributed by atoms with Crippen molar-refractivity contribution >= 4 is 40.0 Å². The van der Waals surface area contributed by atoms with Gasteiger partial charge in [-0.15, -0.1) is 12.6 Å². The molecule has 0 heterocycles. The number of rotatable bonds is 3. The van der Waals surface area contributed by atoms with E-state index in [4.69, 9.17) is 5.73 Å². The number of carbonyl (C=O) groups excluding carboxylic acids is 1. The standard InChI is InChI=1S/C9H10BrNOS/c10-5-7(12)3-6-4-8(13)1-2-9(6)11/h1-2,4,13H,3,5,11H2. The van der Waals surface area contributed by atoms with Crippen LogP contribution < -0.4 is 5.73 Å². The van der Waals surface area contributed by atoms with Crippen LogP contribution in [0.3, 0.4) is 0 Å². The van der Waals surface area contributed by atoms with Crippen molar-refractivity contribution < 1.29 is 4.79 Å². The molecule has 0 aliphatic carbocycles. The molecule has 0 atom stereocenters. The van der Waals surface area contributed by atoms with Crippen LogP contribution in [-0.4, -0.2) is 11.1 Å². The Labute approximate surface area is 91.1 Å². The van der Waals surface area contributed by atoms with Gasteiger partial charge in [0, 0.05) is 17.0 Å². The number of hydrogen-bond donors (Lipinski definition) is 2. The lowest BCUT2D eigenvalue weighted by Gasteiger charge is -2.04. The van der Waals surface area contributed by atoms with Gasteiger partial charge in [0.05, 0.1) is 5.33 Å². The lowest BCUT2D eigenvalue weighted by atomic mass is 10.1. The molecule has 13 heavy (non-hydrogen) atoms. The van der Waals surface area contributed by atoms with E-state index in [0.717, 1.165) is 10.5 Å². The van der Waals surface area contributed by atoms with E-state index in [1.807, 2.05) is 6.07 Å². The first kappa shape index (κ1) is 10.6. The van der Waals surface area contributed by atoms with Gasteiger partial charge in [0.15, 0.2) is 0 Å². The summed E-state index contributed by atoms with van der Waals surface area (Å²) >= 11 is 7.28. The minimum Gasteiger partial charge on any atom is -0.398 e. The number of thiol groups is 1. The molecule has 0 spiro atoms. The van der Waals surface area contributed by atoms with Gasteiger partial charge in [-0.2, -0.15) is 0 Å². The molecule has 0 radical (unpaired) electrons. The lowest BCUT2D eigenvalue weighted by Crippen LogP contribution is -2.05. The fourth-order valence-corrected chi connectivity index (χ4v) is 1.43. The Morgan fingerprint density at radius 3 is 2.85 bits per heavy atom. The molecule has 0 bridgehead atoms. The number of nitrogens with two attached hydrogens (primary N) is 1. The van der Waals surface area contributed by atoms with Gasteiger partial charge in [-0.3, -0.25) is 4.79 Å². The average molecular weight is 260 g/mol. The van der Waals surface area contributed by atoms with Crippen LogP contribution in [0.15, 0.2) is 23.1 Å². The van der Waals surface area contributed by atoms with E-state index in [1.54, 1.807) is 12.1 Å². The van der Waals surface area contributed by atoms with Crippen LogP contribution in [0.1, 0.15) is 5.56 Å². The Balaban J connectivity index is 2.87. The van der Waals surface area contributed by atoms with E-state index in [-0.39, 0.29) is 5.78 Å². The molecule has 1 rings (SSSR count). The number of anilines is 1. The van der Waals surface area contributed by atoms with E-state index in [9.17, 15) is 4.79 Å². The molecular weight excluding hydrogens is 250 g/mol. The molecule has 0 aliphatic rings. The second-order valence-corrected chi connectivity index (χ2v) is 3.81. The van der Waals surface area contributed by atoms with Gasteiger partial charge in [-0.05, 0) is 23.8 Å². The van der Waals surface area contributed by atoms with Gasteiger partial charge in [-0.1, -0.05) is 15.9 Å². The smallest absolute Gasteiger partial charge is 0.147 e. The zero-order valence-electron chi connectivity index (χ0n) is 6.96. The second kappa shape index (κ2) is 4.67. The third-order valence-corrected chi connectivity index (χ3v) is 2.57. The fourth-order valence-electron chi connectivity index (χ4n) is 1.00. The summed E-state index contributed by atoms with van der Waals surface area (Å²) in [6.07, 6.45) is 0.367. The highest BCUT2D eigenvalue weighted by Gasteiger charge is 2.05. The molecule has 0 aromatic heterocycles. The van der Waals surface area contributed by atoms with Crippen molar-refractivity contribution in [3.8, 4) is 0 Å². The van der Waals surface area contributed by atoms with Gasteiger partial charge < -0.3 is 5.73 Å². The molecule has 0 unspecified atom stereocenters. The molecule has 0 aliphatic heterocycles. The topological polar surface area (TPSA) is 43.1 Å². The Morgan fingerprint density at radius 1 is 1.54 bits per heavy atom. The Kier molecular flexibility index (Phi) is 3.81. The van der Waals surface area contributed by atoms with E-state index in [2.05, 4.69) is 28.6 Å². The van der Waals surface area contributed by atoms with Crippen molar-refractivity contribution in [1.82, 2.24) is 0 Å². The number of ketones is 1. The molecular formula is C9H10BrNOS. The summed E-state index contributed by atoms with van der Waals surface area (Å²) in [6, 6.07) is 5.39. The number of Topliss-reactive ketones (excluding diaryl/α,β-unsaturated/α-hetero) is 1. The van der Waals surface area contributed by atoms with Gasteiger partial charge in [0.2, 0.25) is 0 Å². The predicted octanol–water partition coefficient (Wildman–Crippen LogP) is 2.06. The number of halogens is 1. The van der Waals surface area contributed by atoms with Crippen LogP contribution >= 0.6 is 28.6 Å². The van der Waals surface area contributed by atoms with Crippen LogP contribution in [0.2, 0.25) is 0 Å². The zero-order chi connectivity index (χ0) is 9.84. The first-order chi connectivity index (χ1) is 6.13. The maximum absolute atomic E-state index is 11.1. The zero-order valence-corrected chi connectivity index (χ0v) is 9.44.